The average molecular weight is 390 g/mol. The maximum absolute atomic E-state index is 12.6. The molecule has 0 saturated heterocycles. The summed E-state index contributed by atoms with van der Waals surface area (Å²) in [5.41, 5.74) is 1.69. The number of benzene rings is 1. The quantitative estimate of drug-likeness (QED) is 0.523. The summed E-state index contributed by atoms with van der Waals surface area (Å²) in [6, 6.07) is 8.07. The van der Waals surface area contributed by atoms with E-state index in [1.807, 2.05) is 35.8 Å². The van der Waals surface area contributed by atoms with Gasteiger partial charge in [-0.1, -0.05) is 12.1 Å². The molecule has 28 heavy (non-hydrogen) atoms. The number of aromatic amines is 1. The molecule has 5 rings (SSSR count). The minimum absolute atomic E-state index is 0.129. The molecular weight excluding hydrogens is 372 g/mol. The first kappa shape index (κ1) is 16.9. The second-order valence-corrected chi connectivity index (χ2v) is 7.80. The maximum Gasteiger partial charge on any atom is 0.258 e. The van der Waals surface area contributed by atoms with Crippen LogP contribution in [0.25, 0.3) is 21.7 Å². The molecule has 0 bridgehead atoms. The topological polar surface area (TPSA) is 86.3 Å². The predicted molar refractivity (Wildman–Crippen MR) is 113 cm³/mol. The summed E-state index contributed by atoms with van der Waals surface area (Å²) in [7, 11) is 1.96. The van der Waals surface area contributed by atoms with E-state index in [0.29, 0.717) is 17.4 Å². The second kappa shape index (κ2) is 6.72. The second-order valence-electron chi connectivity index (χ2n) is 6.82. The van der Waals surface area contributed by atoms with Gasteiger partial charge in [0.15, 0.2) is 0 Å². The Balaban J connectivity index is 1.67. The fourth-order valence-corrected chi connectivity index (χ4v) is 4.16. The van der Waals surface area contributed by atoms with Crippen molar-refractivity contribution in [3.8, 4) is 0 Å². The van der Waals surface area contributed by atoms with Gasteiger partial charge in [0, 0.05) is 54.3 Å². The zero-order valence-electron chi connectivity index (χ0n) is 15.2. The zero-order valence-corrected chi connectivity index (χ0v) is 16.0. The van der Waals surface area contributed by atoms with Gasteiger partial charge in [0.1, 0.15) is 10.8 Å². The first-order valence-corrected chi connectivity index (χ1v) is 9.89. The lowest BCUT2D eigenvalue weighted by molar-refractivity contribution is 0.381. The first-order valence-electron chi connectivity index (χ1n) is 9.01. The van der Waals surface area contributed by atoms with E-state index in [0.717, 1.165) is 33.7 Å². The molecule has 1 unspecified atom stereocenters. The van der Waals surface area contributed by atoms with Crippen molar-refractivity contribution in [1.29, 1.82) is 0 Å². The molecule has 7 nitrogen and oxygen atoms in total. The Hall–Kier alpha value is -3.26. The van der Waals surface area contributed by atoms with Crippen LogP contribution in [0, 0.1) is 0 Å². The number of rotatable bonds is 4. The highest BCUT2D eigenvalue weighted by Gasteiger charge is 2.19. The molecule has 1 aliphatic heterocycles. The van der Waals surface area contributed by atoms with Crippen LogP contribution in [-0.2, 0) is 6.54 Å². The molecule has 1 aliphatic rings. The molecule has 3 aromatic heterocycles. The van der Waals surface area contributed by atoms with Gasteiger partial charge in [0.25, 0.3) is 5.56 Å². The summed E-state index contributed by atoms with van der Waals surface area (Å²) in [6.07, 6.45) is 5.38. The van der Waals surface area contributed by atoms with Crippen molar-refractivity contribution in [3.05, 3.63) is 63.0 Å². The molecule has 1 aromatic carbocycles. The van der Waals surface area contributed by atoms with E-state index in [-0.39, 0.29) is 11.5 Å². The van der Waals surface area contributed by atoms with Crippen molar-refractivity contribution in [2.24, 2.45) is 5.10 Å². The van der Waals surface area contributed by atoms with E-state index in [1.54, 1.807) is 23.7 Å². The van der Waals surface area contributed by atoms with E-state index in [9.17, 15) is 4.79 Å². The van der Waals surface area contributed by atoms with Crippen LogP contribution in [0.5, 0.6) is 0 Å². The standard InChI is InChI=1S/C20H18N6OS/c1-26-11-13(9-24-26)12-2-3-14-15(8-12)18-16(4-5-22-20(18)27)25-19(14)23-10-17-21-6-7-28-17/h2-9,13H,10-11H2,1H3,(H,22,27)(H,23,25). The number of hydrogen-bond donors (Lipinski definition) is 2. The summed E-state index contributed by atoms with van der Waals surface area (Å²) >= 11 is 1.60. The number of pyridine rings is 2. The number of nitrogens with zero attached hydrogens (tertiary/aromatic N) is 4. The lowest BCUT2D eigenvalue weighted by Crippen LogP contribution is -2.12. The molecule has 0 radical (unpaired) electrons. The SMILES string of the molecule is CN1CC(c2ccc3c(NCc4nccs4)nc4cc[nH]c(=O)c4c3c2)C=N1. The van der Waals surface area contributed by atoms with Gasteiger partial charge >= 0.3 is 0 Å². The van der Waals surface area contributed by atoms with Crippen LogP contribution in [0.2, 0.25) is 0 Å². The van der Waals surface area contributed by atoms with E-state index >= 15 is 0 Å². The number of aromatic nitrogens is 3. The number of fused-ring (bicyclic) bond motifs is 3. The summed E-state index contributed by atoms with van der Waals surface area (Å²) in [6.45, 7) is 1.43. The first-order chi connectivity index (χ1) is 13.7. The molecule has 1 atom stereocenters. The number of hydrogen-bond acceptors (Lipinski definition) is 7. The Labute approximate surface area is 164 Å². The predicted octanol–water partition coefficient (Wildman–Crippen LogP) is 3.16. The Morgan fingerprint density at radius 1 is 1.32 bits per heavy atom. The molecule has 0 aliphatic carbocycles. The number of thiazole rings is 1. The molecule has 4 aromatic rings. The van der Waals surface area contributed by atoms with Gasteiger partial charge in [-0.25, -0.2) is 9.97 Å². The van der Waals surface area contributed by atoms with Crippen molar-refractivity contribution >= 4 is 45.0 Å². The van der Waals surface area contributed by atoms with E-state index in [4.69, 9.17) is 4.98 Å². The monoisotopic (exact) mass is 390 g/mol. The van der Waals surface area contributed by atoms with Gasteiger partial charge in [-0.05, 0) is 17.7 Å². The molecule has 140 valence electrons. The van der Waals surface area contributed by atoms with Crippen molar-refractivity contribution in [3.63, 3.8) is 0 Å². The van der Waals surface area contributed by atoms with E-state index < -0.39 is 0 Å². The third-order valence-electron chi connectivity index (χ3n) is 4.96. The van der Waals surface area contributed by atoms with Gasteiger partial charge in [0.05, 0.1) is 17.4 Å². The number of nitrogens with one attached hydrogen (secondary N) is 2. The van der Waals surface area contributed by atoms with Gasteiger partial charge in [-0.2, -0.15) is 5.10 Å². The lowest BCUT2D eigenvalue weighted by Gasteiger charge is -2.14. The Kier molecular flexibility index (Phi) is 4.05. The highest BCUT2D eigenvalue weighted by Crippen LogP contribution is 2.31. The minimum atomic E-state index is -0.129. The van der Waals surface area contributed by atoms with Crippen molar-refractivity contribution in [2.45, 2.75) is 12.5 Å². The number of hydrazone groups is 1. The van der Waals surface area contributed by atoms with Crippen LogP contribution in [0.3, 0.4) is 0 Å². The fourth-order valence-electron chi connectivity index (χ4n) is 3.61. The Bertz CT molecular complexity index is 1250. The molecular formula is C20H18N6OS. The average Bonchev–Trinajstić information content (AvgIpc) is 3.37. The molecule has 0 fully saturated rings. The van der Waals surface area contributed by atoms with Gasteiger partial charge in [-0.15, -0.1) is 11.3 Å². The summed E-state index contributed by atoms with van der Waals surface area (Å²) in [5, 5.41) is 15.0. The lowest BCUT2D eigenvalue weighted by atomic mass is 9.96. The molecule has 8 heteroatoms. The molecule has 4 heterocycles. The molecule has 0 spiro atoms. The Morgan fingerprint density at radius 3 is 3.04 bits per heavy atom. The fraction of sp³-hybridized carbons (Fsp3) is 0.200. The number of anilines is 1. The summed E-state index contributed by atoms with van der Waals surface area (Å²) in [4.78, 5) is 24.4. The van der Waals surface area contributed by atoms with Gasteiger partial charge < -0.3 is 10.3 Å². The highest BCUT2D eigenvalue weighted by atomic mass is 32.1. The minimum Gasteiger partial charge on any atom is -0.363 e. The molecule has 2 N–H and O–H groups in total. The number of likely N-dealkylation sites (N-methyl/N-ethyl adjacent to an activating group) is 1. The number of H-pyrrole nitrogens is 1. The van der Waals surface area contributed by atoms with E-state index in [2.05, 4.69) is 32.5 Å². The van der Waals surface area contributed by atoms with Crippen LogP contribution >= 0.6 is 11.3 Å². The normalized spacial score (nSPS) is 16.3. The third kappa shape index (κ3) is 2.91. The smallest absolute Gasteiger partial charge is 0.258 e. The van der Waals surface area contributed by atoms with Crippen LogP contribution in [0.15, 0.2) is 51.9 Å². The highest BCUT2D eigenvalue weighted by molar-refractivity contribution is 7.09. The molecule has 0 amide bonds. The largest absolute Gasteiger partial charge is 0.363 e. The van der Waals surface area contributed by atoms with Crippen LogP contribution < -0.4 is 10.9 Å². The zero-order chi connectivity index (χ0) is 19.1. The van der Waals surface area contributed by atoms with Crippen LogP contribution in [0.4, 0.5) is 5.82 Å². The van der Waals surface area contributed by atoms with Crippen molar-refractivity contribution < 1.29 is 0 Å². The van der Waals surface area contributed by atoms with Gasteiger partial charge in [-0.3, -0.25) is 9.80 Å². The third-order valence-corrected chi connectivity index (χ3v) is 5.74. The van der Waals surface area contributed by atoms with Crippen molar-refractivity contribution in [1.82, 2.24) is 20.0 Å². The maximum atomic E-state index is 12.6. The van der Waals surface area contributed by atoms with Crippen LogP contribution in [-0.4, -0.2) is 39.8 Å². The van der Waals surface area contributed by atoms with Crippen molar-refractivity contribution in [2.75, 3.05) is 18.9 Å². The van der Waals surface area contributed by atoms with Crippen LogP contribution in [0.1, 0.15) is 16.5 Å². The van der Waals surface area contributed by atoms with E-state index in [1.165, 1.54) is 0 Å². The van der Waals surface area contributed by atoms with Gasteiger partial charge in [0.2, 0.25) is 0 Å². The Morgan fingerprint density at radius 2 is 2.25 bits per heavy atom. The molecule has 0 saturated carbocycles. The summed E-state index contributed by atoms with van der Waals surface area (Å²) in [5.74, 6) is 0.971. The summed E-state index contributed by atoms with van der Waals surface area (Å²) < 4.78 is 0.